The second-order valence-corrected chi connectivity index (χ2v) is 6.57. The lowest BCUT2D eigenvalue weighted by Gasteiger charge is -2.11. The van der Waals surface area contributed by atoms with E-state index < -0.39 is 11.1 Å². The predicted molar refractivity (Wildman–Crippen MR) is 101 cm³/mol. The molecule has 2 aromatic rings. The van der Waals surface area contributed by atoms with Crippen molar-refractivity contribution in [1.82, 2.24) is 4.90 Å². The SMILES string of the molecule is N#CCOc1ccc(/C=C2\SC(=O)N(CC(=O)c3ccccc3)C2=O)cc1. The summed E-state index contributed by atoms with van der Waals surface area (Å²) in [6.45, 7) is -0.333. The molecule has 1 aliphatic heterocycles. The Morgan fingerprint density at radius 1 is 1.11 bits per heavy atom. The standard InChI is InChI=1S/C20H14N2O4S/c21-10-11-26-16-8-6-14(7-9-16)12-18-19(24)22(20(25)27-18)13-17(23)15-4-2-1-3-5-15/h1-9,12H,11,13H2/b18-12-. The van der Waals surface area contributed by atoms with E-state index in [0.29, 0.717) is 16.9 Å². The Labute approximate surface area is 160 Å². The average Bonchev–Trinajstić information content (AvgIpc) is 2.95. The van der Waals surface area contributed by atoms with E-state index in [1.54, 1.807) is 60.7 Å². The molecule has 0 bridgehead atoms. The molecule has 3 rings (SSSR count). The monoisotopic (exact) mass is 378 g/mol. The van der Waals surface area contributed by atoms with Gasteiger partial charge in [0, 0.05) is 5.56 Å². The lowest BCUT2D eigenvalue weighted by Crippen LogP contribution is -2.33. The van der Waals surface area contributed by atoms with Crippen molar-refractivity contribution in [1.29, 1.82) is 5.26 Å². The zero-order valence-electron chi connectivity index (χ0n) is 14.1. The number of Topliss-reactive ketones (excluding diaryl/α,β-unsaturated/α-hetero) is 1. The number of carbonyl (C=O) groups is 3. The van der Waals surface area contributed by atoms with E-state index >= 15 is 0 Å². The number of nitrogens with zero attached hydrogens (tertiary/aromatic N) is 2. The summed E-state index contributed by atoms with van der Waals surface area (Å²) < 4.78 is 5.17. The highest BCUT2D eigenvalue weighted by atomic mass is 32.2. The van der Waals surface area contributed by atoms with Gasteiger partial charge in [0.2, 0.25) is 0 Å². The highest BCUT2D eigenvalue weighted by Crippen LogP contribution is 2.32. The van der Waals surface area contributed by atoms with Gasteiger partial charge in [0.25, 0.3) is 11.1 Å². The molecule has 134 valence electrons. The first-order valence-corrected chi connectivity index (χ1v) is 8.83. The van der Waals surface area contributed by atoms with Crippen LogP contribution in [0.2, 0.25) is 0 Å². The van der Waals surface area contributed by atoms with Gasteiger partial charge in [-0.1, -0.05) is 42.5 Å². The van der Waals surface area contributed by atoms with Crippen LogP contribution in [0.3, 0.4) is 0 Å². The summed E-state index contributed by atoms with van der Waals surface area (Å²) in [7, 11) is 0. The van der Waals surface area contributed by atoms with Gasteiger partial charge in [0.1, 0.15) is 11.8 Å². The Morgan fingerprint density at radius 2 is 1.81 bits per heavy atom. The second kappa shape index (κ2) is 8.34. The number of amides is 2. The maximum absolute atomic E-state index is 12.5. The van der Waals surface area contributed by atoms with Gasteiger partial charge >= 0.3 is 0 Å². The number of ether oxygens (including phenoxy) is 1. The van der Waals surface area contributed by atoms with E-state index in [4.69, 9.17) is 10.00 Å². The molecule has 7 heteroatoms. The molecule has 1 saturated heterocycles. The van der Waals surface area contributed by atoms with Crippen molar-refractivity contribution in [3.8, 4) is 11.8 Å². The van der Waals surface area contributed by atoms with Gasteiger partial charge in [-0.25, -0.2) is 0 Å². The zero-order valence-corrected chi connectivity index (χ0v) is 14.9. The van der Waals surface area contributed by atoms with Crippen LogP contribution < -0.4 is 4.74 Å². The normalized spacial score (nSPS) is 15.1. The van der Waals surface area contributed by atoms with Crippen molar-refractivity contribution in [2.75, 3.05) is 13.2 Å². The Bertz CT molecular complexity index is 946. The molecule has 0 atom stereocenters. The quantitative estimate of drug-likeness (QED) is 0.565. The van der Waals surface area contributed by atoms with Gasteiger partial charge in [-0.2, -0.15) is 5.26 Å². The molecule has 2 aromatic carbocycles. The number of thioether (sulfide) groups is 1. The molecule has 0 aliphatic carbocycles. The van der Waals surface area contributed by atoms with E-state index in [0.717, 1.165) is 16.7 Å². The molecule has 0 aromatic heterocycles. The Kier molecular flexibility index (Phi) is 5.69. The summed E-state index contributed by atoms with van der Waals surface area (Å²) in [6, 6.07) is 17.2. The first-order chi connectivity index (χ1) is 13.1. The number of hydrogen-bond donors (Lipinski definition) is 0. The number of nitriles is 1. The van der Waals surface area contributed by atoms with Crippen LogP contribution in [0.4, 0.5) is 4.79 Å². The fourth-order valence-electron chi connectivity index (χ4n) is 2.42. The second-order valence-electron chi connectivity index (χ2n) is 5.57. The van der Waals surface area contributed by atoms with Crippen LogP contribution in [0.1, 0.15) is 15.9 Å². The minimum absolute atomic E-state index is 0.0479. The van der Waals surface area contributed by atoms with E-state index in [9.17, 15) is 14.4 Å². The van der Waals surface area contributed by atoms with Crippen LogP contribution in [0.5, 0.6) is 5.75 Å². The fraction of sp³-hybridized carbons (Fsp3) is 0.100. The molecule has 6 nitrogen and oxygen atoms in total. The van der Waals surface area contributed by atoms with Gasteiger partial charge < -0.3 is 4.74 Å². The molecule has 0 saturated carbocycles. The summed E-state index contributed by atoms with van der Waals surface area (Å²) in [5.74, 6) is -0.243. The van der Waals surface area contributed by atoms with Gasteiger partial charge in [-0.05, 0) is 35.5 Å². The van der Waals surface area contributed by atoms with Gasteiger partial charge in [0.05, 0.1) is 11.4 Å². The first-order valence-electron chi connectivity index (χ1n) is 8.02. The van der Waals surface area contributed by atoms with E-state index in [1.807, 2.05) is 6.07 Å². The molecule has 1 heterocycles. The minimum atomic E-state index is -0.487. The van der Waals surface area contributed by atoms with Crippen LogP contribution >= 0.6 is 11.8 Å². The third-order valence-corrected chi connectivity index (χ3v) is 4.66. The topological polar surface area (TPSA) is 87.5 Å². The molecule has 2 amide bonds. The maximum Gasteiger partial charge on any atom is 0.293 e. The molecule has 27 heavy (non-hydrogen) atoms. The lowest BCUT2D eigenvalue weighted by molar-refractivity contribution is -0.122. The highest BCUT2D eigenvalue weighted by Gasteiger charge is 2.36. The molecule has 0 radical (unpaired) electrons. The average molecular weight is 378 g/mol. The van der Waals surface area contributed by atoms with Crippen LogP contribution in [-0.4, -0.2) is 35.0 Å². The van der Waals surface area contributed by atoms with Crippen molar-refractivity contribution in [2.45, 2.75) is 0 Å². The molecule has 0 unspecified atom stereocenters. The van der Waals surface area contributed by atoms with Crippen molar-refractivity contribution in [2.24, 2.45) is 0 Å². The largest absolute Gasteiger partial charge is 0.479 e. The summed E-state index contributed by atoms with van der Waals surface area (Å²) >= 11 is 0.804. The third kappa shape index (κ3) is 4.43. The predicted octanol–water partition coefficient (Wildman–Crippen LogP) is 3.51. The fourth-order valence-corrected chi connectivity index (χ4v) is 3.26. The zero-order chi connectivity index (χ0) is 19.2. The Balaban J connectivity index is 1.71. The molecule has 0 spiro atoms. The third-order valence-electron chi connectivity index (χ3n) is 3.75. The number of ketones is 1. The van der Waals surface area contributed by atoms with E-state index in [-0.39, 0.29) is 23.8 Å². The highest BCUT2D eigenvalue weighted by molar-refractivity contribution is 8.18. The number of benzene rings is 2. The lowest BCUT2D eigenvalue weighted by atomic mass is 10.1. The first kappa shape index (κ1) is 18.4. The number of hydrogen-bond acceptors (Lipinski definition) is 6. The number of imide groups is 1. The summed E-state index contributed by atoms with van der Waals surface area (Å²) in [5.41, 5.74) is 1.16. The Morgan fingerprint density at radius 3 is 2.48 bits per heavy atom. The van der Waals surface area contributed by atoms with Crippen molar-refractivity contribution in [3.63, 3.8) is 0 Å². The molecular weight excluding hydrogens is 364 g/mol. The van der Waals surface area contributed by atoms with Crippen LogP contribution in [0.15, 0.2) is 59.5 Å². The molecule has 1 fully saturated rings. The number of rotatable bonds is 6. The van der Waals surface area contributed by atoms with Crippen molar-refractivity contribution < 1.29 is 19.1 Å². The van der Waals surface area contributed by atoms with E-state index in [1.165, 1.54) is 0 Å². The van der Waals surface area contributed by atoms with Crippen molar-refractivity contribution >= 4 is 34.8 Å². The smallest absolute Gasteiger partial charge is 0.293 e. The number of carbonyl (C=O) groups excluding carboxylic acids is 3. The van der Waals surface area contributed by atoms with Crippen molar-refractivity contribution in [3.05, 3.63) is 70.6 Å². The van der Waals surface area contributed by atoms with Crippen LogP contribution in [0, 0.1) is 11.3 Å². The summed E-state index contributed by atoms with van der Waals surface area (Å²) in [4.78, 5) is 38.1. The van der Waals surface area contributed by atoms with Crippen LogP contribution in [-0.2, 0) is 4.79 Å². The summed E-state index contributed by atoms with van der Waals surface area (Å²) in [5, 5.41) is 8.03. The minimum Gasteiger partial charge on any atom is -0.479 e. The van der Waals surface area contributed by atoms with Crippen LogP contribution in [0.25, 0.3) is 6.08 Å². The Hall–Kier alpha value is -3.37. The molecular formula is C20H14N2O4S. The maximum atomic E-state index is 12.5. The summed E-state index contributed by atoms with van der Waals surface area (Å²) in [6.07, 6.45) is 1.59. The van der Waals surface area contributed by atoms with Gasteiger partial charge in [-0.3, -0.25) is 19.3 Å². The molecule has 0 N–H and O–H groups in total. The van der Waals surface area contributed by atoms with E-state index in [2.05, 4.69) is 0 Å². The molecule has 1 aliphatic rings. The van der Waals surface area contributed by atoms with Gasteiger partial charge in [-0.15, -0.1) is 0 Å². The van der Waals surface area contributed by atoms with Gasteiger partial charge in [0.15, 0.2) is 12.4 Å².